The van der Waals surface area contributed by atoms with Crippen molar-refractivity contribution in [2.45, 2.75) is 26.4 Å². The molecule has 21 heavy (non-hydrogen) atoms. The molecule has 1 aliphatic heterocycles. The van der Waals surface area contributed by atoms with Crippen molar-refractivity contribution in [2.24, 2.45) is 0 Å². The quantitative estimate of drug-likeness (QED) is 0.681. The van der Waals surface area contributed by atoms with Gasteiger partial charge in [-0.1, -0.05) is 15.9 Å². The number of halogens is 2. The fraction of sp³-hybridized carbons (Fsp3) is 0.533. The maximum Gasteiger partial charge on any atom is 0.410 e. The largest absolute Gasteiger partial charge is 0.444 e. The Kier molecular flexibility index (Phi) is 5.20. The molecule has 1 fully saturated rings. The average Bonchev–Trinajstić information content (AvgIpc) is 2.37. The van der Waals surface area contributed by atoms with Crippen LogP contribution in [0.25, 0.3) is 0 Å². The van der Waals surface area contributed by atoms with E-state index in [9.17, 15) is 4.79 Å². The molecule has 0 radical (unpaired) electrons. The van der Waals surface area contributed by atoms with Crippen LogP contribution in [0.5, 0.6) is 0 Å². The number of piperazine rings is 1. The summed E-state index contributed by atoms with van der Waals surface area (Å²) >= 11 is 7.05. The van der Waals surface area contributed by atoms with Gasteiger partial charge in [0, 0.05) is 35.1 Å². The van der Waals surface area contributed by atoms with Gasteiger partial charge >= 0.3 is 6.09 Å². The van der Waals surface area contributed by atoms with Crippen LogP contribution in [0.1, 0.15) is 20.8 Å². The van der Waals surface area contributed by atoms with Crippen LogP contribution in [-0.2, 0) is 4.74 Å². The minimum atomic E-state index is -0.442. The highest BCUT2D eigenvalue weighted by atomic mass is 79.9. The highest BCUT2D eigenvalue weighted by Gasteiger charge is 2.26. The summed E-state index contributed by atoms with van der Waals surface area (Å²) in [6, 6.07) is 6.15. The van der Waals surface area contributed by atoms with Gasteiger partial charge in [-0.3, -0.25) is 0 Å². The van der Waals surface area contributed by atoms with E-state index in [2.05, 4.69) is 42.8 Å². The molecule has 116 valence electrons. The Balaban J connectivity index is 1.95. The van der Waals surface area contributed by atoms with Crippen molar-refractivity contribution in [2.75, 3.05) is 31.1 Å². The monoisotopic (exact) mass is 418 g/mol. The number of hydrogen-bond donors (Lipinski definition) is 0. The second kappa shape index (κ2) is 6.57. The zero-order chi connectivity index (χ0) is 15.6. The van der Waals surface area contributed by atoms with Crippen LogP contribution in [0.3, 0.4) is 0 Å². The number of benzene rings is 1. The van der Waals surface area contributed by atoms with Crippen LogP contribution in [-0.4, -0.2) is 42.8 Å². The summed E-state index contributed by atoms with van der Waals surface area (Å²) in [6.07, 6.45) is -0.225. The SMILES string of the molecule is CC(C)(C)OC(=O)N1CCN(c2ccc(Br)cc2Br)CC1. The first-order chi connectivity index (χ1) is 9.76. The number of rotatable bonds is 1. The molecule has 1 heterocycles. The van der Waals surface area contributed by atoms with Gasteiger partial charge < -0.3 is 14.5 Å². The van der Waals surface area contributed by atoms with Gasteiger partial charge in [0.15, 0.2) is 0 Å². The Labute approximate surface area is 142 Å². The third kappa shape index (κ3) is 4.61. The molecule has 0 aliphatic carbocycles. The van der Waals surface area contributed by atoms with Gasteiger partial charge in [-0.25, -0.2) is 4.79 Å². The van der Waals surface area contributed by atoms with E-state index in [0.29, 0.717) is 13.1 Å². The minimum Gasteiger partial charge on any atom is -0.444 e. The summed E-state index contributed by atoms with van der Waals surface area (Å²) in [5.74, 6) is 0. The van der Waals surface area contributed by atoms with Gasteiger partial charge in [0.05, 0.1) is 5.69 Å². The maximum absolute atomic E-state index is 12.0. The number of nitrogens with zero attached hydrogens (tertiary/aromatic N) is 2. The fourth-order valence-electron chi connectivity index (χ4n) is 2.19. The minimum absolute atomic E-state index is 0.225. The molecule has 1 saturated heterocycles. The molecule has 1 aromatic carbocycles. The highest BCUT2D eigenvalue weighted by molar-refractivity contribution is 9.11. The van der Waals surface area contributed by atoms with Crippen molar-refractivity contribution in [1.29, 1.82) is 0 Å². The third-order valence-electron chi connectivity index (χ3n) is 3.18. The first-order valence-electron chi connectivity index (χ1n) is 6.94. The second-order valence-corrected chi connectivity index (χ2v) is 7.82. The molecule has 1 aliphatic rings. The Bertz CT molecular complexity index is 521. The second-order valence-electron chi connectivity index (χ2n) is 6.05. The molecule has 1 aromatic rings. The molecule has 0 N–H and O–H groups in total. The Morgan fingerprint density at radius 1 is 1.14 bits per heavy atom. The predicted octanol–water partition coefficient (Wildman–Crippen LogP) is 4.27. The van der Waals surface area contributed by atoms with Crippen molar-refractivity contribution in [3.8, 4) is 0 Å². The highest BCUT2D eigenvalue weighted by Crippen LogP contribution is 2.30. The van der Waals surface area contributed by atoms with E-state index in [1.54, 1.807) is 4.90 Å². The van der Waals surface area contributed by atoms with Crippen LogP contribution in [0, 0.1) is 0 Å². The van der Waals surface area contributed by atoms with Crippen molar-refractivity contribution in [3.63, 3.8) is 0 Å². The van der Waals surface area contributed by atoms with Crippen LogP contribution >= 0.6 is 31.9 Å². The zero-order valence-electron chi connectivity index (χ0n) is 12.5. The van der Waals surface area contributed by atoms with Crippen molar-refractivity contribution < 1.29 is 9.53 Å². The lowest BCUT2D eigenvalue weighted by Crippen LogP contribution is -2.50. The number of ether oxygens (including phenoxy) is 1. The van der Waals surface area contributed by atoms with Crippen LogP contribution in [0.15, 0.2) is 27.1 Å². The van der Waals surface area contributed by atoms with Crippen LogP contribution in [0.4, 0.5) is 10.5 Å². The third-order valence-corrected chi connectivity index (χ3v) is 4.31. The van der Waals surface area contributed by atoms with E-state index in [1.165, 1.54) is 0 Å². The van der Waals surface area contributed by atoms with Gasteiger partial charge in [-0.05, 0) is 54.9 Å². The summed E-state index contributed by atoms with van der Waals surface area (Å²) in [6.45, 7) is 8.63. The predicted molar refractivity (Wildman–Crippen MR) is 91.9 cm³/mol. The lowest BCUT2D eigenvalue weighted by atomic mass is 10.2. The molecule has 0 atom stereocenters. The molecule has 4 nitrogen and oxygen atoms in total. The summed E-state index contributed by atoms with van der Waals surface area (Å²) < 4.78 is 7.52. The van der Waals surface area contributed by atoms with Gasteiger partial charge in [-0.2, -0.15) is 0 Å². The Hall–Kier alpha value is -0.750. The number of hydrogen-bond acceptors (Lipinski definition) is 3. The molecule has 0 unspecified atom stereocenters. The van der Waals surface area contributed by atoms with E-state index in [1.807, 2.05) is 32.9 Å². The maximum atomic E-state index is 12.0. The fourth-order valence-corrected chi connectivity index (χ4v) is 3.49. The molecular weight excluding hydrogens is 400 g/mol. The average molecular weight is 420 g/mol. The lowest BCUT2D eigenvalue weighted by molar-refractivity contribution is 0.0240. The van der Waals surface area contributed by atoms with Crippen LogP contribution in [0.2, 0.25) is 0 Å². The van der Waals surface area contributed by atoms with E-state index in [-0.39, 0.29) is 6.09 Å². The van der Waals surface area contributed by atoms with E-state index in [4.69, 9.17) is 4.74 Å². The molecular formula is C15H20Br2N2O2. The van der Waals surface area contributed by atoms with E-state index in [0.717, 1.165) is 27.7 Å². The topological polar surface area (TPSA) is 32.8 Å². The first-order valence-corrected chi connectivity index (χ1v) is 8.53. The van der Waals surface area contributed by atoms with Gasteiger partial charge in [0.1, 0.15) is 5.60 Å². The van der Waals surface area contributed by atoms with E-state index < -0.39 is 5.60 Å². The summed E-state index contributed by atoms with van der Waals surface area (Å²) in [5, 5.41) is 0. The molecule has 0 bridgehead atoms. The number of carbonyl (C=O) groups is 1. The molecule has 1 amide bonds. The zero-order valence-corrected chi connectivity index (χ0v) is 15.7. The summed E-state index contributed by atoms with van der Waals surface area (Å²) in [7, 11) is 0. The lowest BCUT2D eigenvalue weighted by Gasteiger charge is -2.37. The Morgan fingerprint density at radius 2 is 1.76 bits per heavy atom. The summed E-state index contributed by atoms with van der Waals surface area (Å²) in [4.78, 5) is 16.1. The normalized spacial score (nSPS) is 16.0. The number of carbonyl (C=O) groups excluding carboxylic acids is 1. The van der Waals surface area contributed by atoms with Gasteiger partial charge in [0.2, 0.25) is 0 Å². The number of anilines is 1. The summed E-state index contributed by atoms with van der Waals surface area (Å²) in [5.41, 5.74) is 0.713. The Morgan fingerprint density at radius 3 is 2.29 bits per heavy atom. The molecule has 0 spiro atoms. The van der Waals surface area contributed by atoms with Crippen molar-refractivity contribution >= 4 is 43.6 Å². The smallest absolute Gasteiger partial charge is 0.410 e. The first kappa shape index (κ1) is 16.6. The number of amides is 1. The molecule has 6 heteroatoms. The van der Waals surface area contributed by atoms with Gasteiger partial charge in [-0.15, -0.1) is 0 Å². The van der Waals surface area contributed by atoms with Crippen molar-refractivity contribution in [1.82, 2.24) is 4.90 Å². The van der Waals surface area contributed by atoms with Gasteiger partial charge in [0.25, 0.3) is 0 Å². The molecule has 2 rings (SSSR count). The molecule has 0 aromatic heterocycles. The van der Waals surface area contributed by atoms with Crippen LogP contribution < -0.4 is 4.90 Å². The molecule has 0 saturated carbocycles. The van der Waals surface area contributed by atoms with Crippen molar-refractivity contribution in [3.05, 3.63) is 27.1 Å². The standard InChI is InChI=1S/C15H20Br2N2O2/c1-15(2,3)21-14(20)19-8-6-18(7-9-19)13-5-4-11(16)10-12(13)17/h4-5,10H,6-9H2,1-3H3. The van der Waals surface area contributed by atoms with E-state index >= 15 is 0 Å².